The first-order chi connectivity index (χ1) is 32.6. The quantitative estimate of drug-likeness (QED) is 0.0817. The summed E-state index contributed by atoms with van der Waals surface area (Å²) in [6, 6.07) is 13.2. The molecule has 0 spiro atoms. The van der Waals surface area contributed by atoms with Gasteiger partial charge < -0.3 is 40.2 Å². The Hall–Kier alpha value is -8.36. The molecule has 0 saturated heterocycles. The number of fused-ring (bicyclic) bond motifs is 2. The van der Waals surface area contributed by atoms with Gasteiger partial charge in [-0.15, -0.1) is 0 Å². The average Bonchev–Trinajstić information content (AvgIpc) is 3.97. The molecule has 20 nitrogen and oxygen atoms in total. The van der Waals surface area contributed by atoms with Crippen LogP contribution in [0.4, 0.5) is 38.0 Å². The lowest BCUT2D eigenvalue weighted by Gasteiger charge is -2.19. The van der Waals surface area contributed by atoms with Crippen LogP contribution >= 0.6 is 0 Å². The fraction of sp³-hybridized carbons (Fsp3) is 0.190. The second kappa shape index (κ2) is 19.2. The van der Waals surface area contributed by atoms with Crippen molar-refractivity contribution in [2.75, 3.05) is 37.1 Å². The Labute approximate surface area is 376 Å². The van der Waals surface area contributed by atoms with Gasteiger partial charge in [0.1, 0.15) is 19.3 Å². The van der Waals surface area contributed by atoms with Crippen molar-refractivity contribution in [3.8, 4) is 40.0 Å². The van der Waals surface area contributed by atoms with Crippen molar-refractivity contribution in [1.29, 1.82) is 0 Å². The highest BCUT2D eigenvalue weighted by Gasteiger charge is 2.35. The summed E-state index contributed by atoms with van der Waals surface area (Å²) in [5.74, 6) is -2.59. The standard InChI is InChI=1S/C42H32F6N12O8/c43-41(44,45)26-7-3-1-5-24(26)28-9-10-35-51-12-30(59(35)57-28)39(64)55-34-15-50-17-37(54-34)67-21-23(19-62)68-32-11-29(25-6-2-4-8-27(25)42(46,47)48)58-60-31(13-52-38(32)60)40(65)56-33-14-49-16-36(53-33)66-20-22(63)18-61/h1-17,22-23,61-63H,18-21H2,(H,53,56,65)(H,54,55,64)/t22-,23+/m0/s1. The summed E-state index contributed by atoms with van der Waals surface area (Å²) in [5, 5.41) is 42.5. The number of nitrogens with zero attached hydrogens (tertiary/aromatic N) is 10. The van der Waals surface area contributed by atoms with Crippen LogP contribution in [0.2, 0.25) is 0 Å². The summed E-state index contributed by atoms with van der Waals surface area (Å²) in [4.78, 5) is 51.6. The predicted molar refractivity (Wildman–Crippen MR) is 222 cm³/mol. The van der Waals surface area contributed by atoms with E-state index < -0.39 is 72.9 Å². The molecule has 26 heteroatoms. The molecule has 350 valence electrons. The molecule has 0 aliphatic rings. The number of benzene rings is 2. The van der Waals surface area contributed by atoms with E-state index in [0.29, 0.717) is 0 Å². The molecule has 8 rings (SSSR count). The Bertz CT molecular complexity index is 3130. The summed E-state index contributed by atoms with van der Waals surface area (Å²) in [5.41, 5.74) is -3.51. The topological polar surface area (TPSA) is 259 Å². The minimum atomic E-state index is -4.83. The van der Waals surface area contributed by atoms with E-state index in [1.165, 1.54) is 48.7 Å². The van der Waals surface area contributed by atoms with E-state index in [-0.39, 0.29) is 75.4 Å². The number of imidazole rings is 2. The monoisotopic (exact) mass is 946 g/mol. The smallest absolute Gasteiger partial charge is 0.417 e. The summed E-state index contributed by atoms with van der Waals surface area (Å²) in [6.07, 6.45) is -5.15. The molecule has 8 aromatic rings. The highest BCUT2D eigenvalue weighted by atomic mass is 19.4. The van der Waals surface area contributed by atoms with Gasteiger partial charge in [0.2, 0.25) is 11.8 Å². The zero-order valence-electron chi connectivity index (χ0n) is 34.4. The van der Waals surface area contributed by atoms with Gasteiger partial charge >= 0.3 is 12.4 Å². The maximum Gasteiger partial charge on any atom is 0.417 e. The molecular weight excluding hydrogens is 915 g/mol. The fourth-order valence-corrected chi connectivity index (χ4v) is 6.43. The van der Waals surface area contributed by atoms with E-state index >= 15 is 0 Å². The van der Waals surface area contributed by atoms with Gasteiger partial charge in [0, 0.05) is 17.2 Å². The van der Waals surface area contributed by atoms with E-state index in [4.69, 9.17) is 19.3 Å². The number of ether oxygens (including phenoxy) is 3. The van der Waals surface area contributed by atoms with E-state index in [0.717, 1.165) is 64.3 Å². The van der Waals surface area contributed by atoms with Crippen molar-refractivity contribution in [2.24, 2.45) is 0 Å². The highest BCUT2D eigenvalue weighted by Crippen LogP contribution is 2.39. The zero-order chi connectivity index (χ0) is 48.2. The van der Waals surface area contributed by atoms with Crippen molar-refractivity contribution < 1.29 is 65.5 Å². The number of aliphatic hydroxyl groups is 3. The maximum atomic E-state index is 14.3. The number of hydrogen-bond acceptors (Lipinski definition) is 16. The minimum absolute atomic E-state index is 0.0833. The third-order valence-electron chi connectivity index (χ3n) is 9.54. The zero-order valence-corrected chi connectivity index (χ0v) is 34.4. The summed E-state index contributed by atoms with van der Waals surface area (Å²) >= 11 is 0. The van der Waals surface area contributed by atoms with Crippen molar-refractivity contribution >= 4 is 34.7 Å². The van der Waals surface area contributed by atoms with Crippen LogP contribution in [0, 0.1) is 0 Å². The van der Waals surface area contributed by atoms with Crippen LogP contribution in [0.25, 0.3) is 33.8 Å². The Morgan fingerprint density at radius 1 is 0.647 bits per heavy atom. The number of aliphatic hydroxyl groups excluding tert-OH is 3. The van der Waals surface area contributed by atoms with Crippen LogP contribution in [0.1, 0.15) is 32.1 Å². The van der Waals surface area contributed by atoms with Crippen LogP contribution < -0.4 is 24.8 Å². The van der Waals surface area contributed by atoms with Gasteiger partial charge in [-0.2, -0.15) is 46.5 Å². The Kier molecular flexibility index (Phi) is 13.1. The molecule has 68 heavy (non-hydrogen) atoms. The molecule has 0 aliphatic carbocycles. The third-order valence-corrected chi connectivity index (χ3v) is 9.54. The lowest BCUT2D eigenvalue weighted by atomic mass is 10.0. The summed E-state index contributed by atoms with van der Waals surface area (Å²) in [7, 11) is 0. The summed E-state index contributed by atoms with van der Waals surface area (Å²) < 4.78 is 103. The molecule has 6 heterocycles. The highest BCUT2D eigenvalue weighted by molar-refractivity contribution is 6.03. The van der Waals surface area contributed by atoms with E-state index in [1.807, 2.05) is 0 Å². The summed E-state index contributed by atoms with van der Waals surface area (Å²) in [6.45, 7) is -2.15. The van der Waals surface area contributed by atoms with E-state index in [1.54, 1.807) is 0 Å². The number of carbonyl (C=O) groups is 2. The lowest BCUT2D eigenvalue weighted by molar-refractivity contribution is -0.137. The average molecular weight is 947 g/mol. The van der Waals surface area contributed by atoms with Crippen molar-refractivity contribution in [2.45, 2.75) is 24.6 Å². The number of halogens is 6. The van der Waals surface area contributed by atoms with Gasteiger partial charge in [-0.3, -0.25) is 19.6 Å². The van der Waals surface area contributed by atoms with Gasteiger partial charge in [0.05, 0.1) is 72.9 Å². The second-order valence-electron chi connectivity index (χ2n) is 14.3. The first kappa shape index (κ1) is 46.2. The predicted octanol–water partition coefficient (Wildman–Crippen LogP) is 4.78. The first-order valence-electron chi connectivity index (χ1n) is 19.7. The Morgan fingerprint density at radius 2 is 1.19 bits per heavy atom. The number of alkyl halides is 6. The first-order valence-corrected chi connectivity index (χ1v) is 19.7. The maximum absolute atomic E-state index is 14.3. The Morgan fingerprint density at radius 3 is 1.78 bits per heavy atom. The number of anilines is 2. The van der Waals surface area contributed by atoms with E-state index in [2.05, 4.69) is 50.7 Å². The van der Waals surface area contributed by atoms with Crippen LogP contribution in [0.5, 0.6) is 17.5 Å². The molecule has 0 fully saturated rings. The molecule has 5 N–H and O–H groups in total. The van der Waals surface area contributed by atoms with Crippen LogP contribution in [0.15, 0.2) is 104 Å². The largest absolute Gasteiger partial charge is 0.480 e. The van der Waals surface area contributed by atoms with Gasteiger partial charge in [-0.25, -0.2) is 19.0 Å². The molecule has 0 unspecified atom stereocenters. The number of aromatic nitrogens is 10. The van der Waals surface area contributed by atoms with Crippen LogP contribution in [-0.2, 0) is 12.4 Å². The van der Waals surface area contributed by atoms with Crippen molar-refractivity contribution in [1.82, 2.24) is 49.1 Å². The molecule has 0 bridgehead atoms. The minimum Gasteiger partial charge on any atom is -0.480 e. The van der Waals surface area contributed by atoms with Crippen LogP contribution in [0.3, 0.4) is 0 Å². The Balaban J connectivity index is 1.02. The number of carbonyl (C=O) groups excluding carboxylic acids is 2. The van der Waals surface area contributed by atoms with Gasteiger partial charge in [0.15, 0.2) is 46.2 Å². The molecule has 2 amide bonds. The molecule has 2 atom stereocenters. The van der Waals surface area contributed by atoms with Gasteiger partial charge in [-0.1, -0.05) is 36.4 Å². The molecule has 2 aromatic carbocycles. The lowest BCUT2D eigenvalue weighted by Crippen LogP contribution is -2.29. The molecule has 6 aromatic heterocycles. The number of hydrogen-bond donors (Lipinski definition) is 5. The third kappa shape index (κ3) is 10.2. The van der Waals surface area contributed by atoms with Crippen LogP contribution in [-0.4, -0.2) is 115 Å². The number of nitrogens with one attached hydrogen (secondary N) is 2. The van der Waals surface area contributed by atoms with Gasteiger partial charge in [0.25, 0.3) is 11.8 Å². The fourth-order valence-electron chi connectivity index (χ4n) is 6.43. The normalized spacial score (nSPS) is 12.7. The van der Waals surface area contributed by atoms with Crippen molar-refractivity contribution in [3.63, 3.8) is 0 Å². The molecular formula is C42H32F6N12O8. The van der Waals surface area contributed by atoms with Crippen molar-refractivity contribution in [3.05, 3.63) is 126 Å². The molecule has 0 radical (unpaired) electrons. The second-order valence-corrected chi connectivity index (χ2v) is 14.3. The number of rotatable bonds is 16. The number of amides is 2. The van der Waals surface area contributed by atoms with Gasteiger partial charge in [-0.05, 0) is 24.3 Å². The molecule has 0 aliphatic heterocycles. The van der Waals surface area contributed by atoms with E-state index in [9.17, 15) is 46.1 Å². The molecule has 0 saturated carbocycles. The SMILES string of the molecule is O=C(Nc1cncc(OC[C@@H](CO)Oc2cc(-c3ccccc3C(F)(F)F)nn3c(C(=O)Nc4cncc(OC[C@@H](O)CO)n4)cnc23)n1)c1cnc2ccc(-c3ccccc3C(F)(F)F)nn12.